The number of nitrogens with two attached hydrogens (primary N) is 1. The van der Waals surface area contributed by atoms with Gasteiger partial charge in [0, 0.05) is 23.6 Å². The van der Waals surface area contributed by atoms with Gasteiger partial charge in [-0.2, -0.15) is 5.26 Å². The summed E-state index contributed by atoms with van der Waals surface area (Å²) in [6, 6.07) is 11.2. The summed E-state index contributed by atoms with van der Waals surface area (Å²) in [4.78, 5) is 16.5. The van der Waals surface area contributed by atoms with Crippen molar-refractivity contribution in [2.75, 3.05) is 5.84 Å². The highest BCUT2D eigenvalue weighted by Gasteiger charge is 2.14. The van der Waals surface area contributed by atoms with E-state index in [0.29, 0.717) is 33.6 Å². The maximum Gasteiger partial charge on any atom is 0.272 e. The Morgan fingerprint density at radius 3 is 2.81 bits per heavy atom. The molecule has 134 valence electrons. The second kappa shape index (κ2) is 6.62. The van der Waals surface area contributed by atoms with Crippen LogP contribution in [0.3, 0.4) is 0 Å². The number of nitriles is 1. The smallest absolute Gasteiger partial charge is 0.272 e. The summed E-state index contributed by atoms with van der Waals surface area (Å²) in [5.41, 5.74) is 2.86. The third kappa shape index (κ3) is 3.04. The van der Waals surface area contributed by atoms with Crippen LogP contribution in [0.2, 0.25) is 0 Å². The number of rotatable bonds is 4. The van der Waals surface area contributed by atoms with Crippen LogP contribution in [0.1, 0.15) is 16.8 Å². The zero-order valence-electron chi connectivity index (χ0n) is 14.2. The third-order valence-electron chi connectivity index (χ3n) is 3.99. The number of aromatic amines is 1. The fourth-order valence-electron chi connectivity index (χ4n) is 2.60. The first-order valence-corrected chi connectivity index (χ1v) is 8.96. The minimum absolute atomic E-state index is 0.286. The number of H-pyrrole nitrogens is 1. The second-order valence-corrected chi connectivity index (χ2v) is 6.82. The molecule has 0 aliphatic carbocycles. The van der Waals surface area contributed by atoms with Crippen LogP contribution in [0, 0.1) is 18.3 Å². The van der Waals surface area contributed by atoms with Crippen LogP contribution in [-0.4, -0.2) is 29.5 Å². The number of hydrogen-bond acceptors (Lipinski definition) is 7. The summed E-state index contributed by atoms with van der Waals surface area (Å²) in [6.07, 6.45) is 1.45. The molecular formula is C17H14N8OS. The summed E-state index contributed by atoms with van der Waals surface area (Å²) in [5.74, 6) is 7.04. The molecule has 0 aliphatic heterocycles. The van der Waals surface area contributed by atoms with Gasteiger partial charge in [0.2, 0.25) is 5.16 Å². The molecule has 10 heteroatoms. The van der Waals surface area contributed by atoms with Gasteiger partial charge in [-0.15, -0.1) is 10.2 Å². The SMILES string of the molecule is Cc1ccc(-c2nnc(SCc3cc(=O)n4[nH]cc(C#N)c4n3)n2N)cc1. The van der Waals surface area contributed by atoms with Crippen molar-refractivity contribution >= 4 is 17.4 Å². The molecule has 0 radical (unpaired) electrons. The maximum absolute atomic E-state index is 12.1. The first-order valence-electron chi connectivity index (χ1n) is 7.97. The van der Waals surface area contributed by atoms with Crippen molar-refractivity contribution in [1.29, 1.82) is 5.26 Å². The zero-order valence-corrected chi connectivity index (χ0v) is 15.1. The van der Waals surface area contributed by atoms with Crippen molar-refractivity contribution in [3.05, 3.63) is 63.7 Å². The molecule has 0 bridgehead atoms. The first-order chi connectivity index (χ1) is 13.1. The summed E-state index contributed by atoms with van der Waals surface area (Å²) in [7, 11) is 0. The molecule has 3 heterocycles. The molecule has 0 saturated heterocycles. The summed E-state index contributed by atoms with van der Waals surface area (Å²) >= 11 is 1.31. The van der Waals surface area contributed by atoms with Crippen molar-refractivity contribution in [2.45, 2.75) is 17.8 Å². The van der Waals surface area contributed by atoms with Crippen LogP contribution in [0.4, 0.5) is 0 Å². The van der Waals surface area contributed by atoms with Gasteiger partial charge in [0.25, 0.3) is 5.56 Å². The minimum Gasteiger partial charge on any atom is -0.335 e. The van der Waals surface area contributed by atoms with Gasteiger partial charge in [-0.1, -0.05) is 41.6 Å². The lowest BCUT2D eigenvalue weighted by Gasteiger charge is -2.04. The van der Waals surface area contributed by atoms with Gasteiger partial charge in [0.1, 0.15) is 11.6 Å². The molecule has 4 rings (SSSR count). The van der Waals surface area contributed by atoms with E-state index in [1.165, 1.54) is 33.2 Å². The number of nitrogen functional groups attached to an aromatic ring is 1. The van der Waals surface area contributed by atoms with Crippen molar-refractivity contribution < 1.29 is 0 Å². The highest BCUT2D eigenvalue weighted by molar-refractivity contribution is 7.98. The Morgan fingerprint density at radius 1 is 1.30 bits per heavy atom. The van der Waals surface area contributed by atoms with Crippen molar-refractivity contribution in [3.8, 4) is 17.5 Å². The van der Waals surface area contributed by atoms with E-state index in [1.807, 2.05) is 37.3 Å². The molecule has 0 spiro atoms. The number of thioether (sulfide) groups is 1. The number of aryl methyl sites for hydroxylation is 1. The van der Waals surface area contributed by atoms with Crippen molar-refractivity contribution in [1.82, 2.24) is 29.5 Å². The number of benzene rings is 1. The van der Waals surface area contributed by atoms with E-state index in [0.717, 1.165) is 11.1 Å². The third-order valence-corrected chi connectivity index (χ3v) is 4.97. The van der Waals surface area contributed by atoms with Crippen molar-refractivity contribution in [2.24, 2.45) is 0 Å². The van der Waals surface area contributed by atoms with Crippen LogP contribution in [-0.2, 0) is 5.75 Å². The van der Waals surface area contributed by atoms with Crippen LogP contribution < -0.4 is 11.4 Å². The van der Waals surface area contributed by atoms with Gasteiger partial charge >= 0.3 is 0 Å². The maximum atomic E-state index is 12.1. The first kappa shape index (κ1) is 16.9. The van der Waals surface area contributed by atoms with Gasteiger partial charge in [0.15, 0.2) is 11.5 Å². The second-order valence-electron chi connectivity index (χ2n) is 5.87. The highest BCUT2D eigenvalue weighted by atomic mass is 32.2. The monoisotopic (exact) mass is 378 g/mol. The lowest BCUT2D eigenvalue weighted by molar-refractivity contribution is 0.847. The van der Waals surface area contributed by atoms with Crippen LogP contribution in [0.5, 0.6) is 0 Å². The van der Waals surface area contributed by atoms with Crippen LogP contribution in [0.25, 0.3) is 17.0 Å². The summed E-state index contributed by atoms with van der Waals surface area (Å²) in [6.45, 7) is 2.01. The number of hydrogen-bond donors (Lipinski definition) is 2. The number of aromatic nitrogens is 6. The van der Waals surface area contributed by atoms with E-state index in [9.17, 15) is 4.79 Å². The molecule has 0 atom stereocenters. The Bertz CT molecular complexity index is 1230. The average Bonchev–Trinajstić information content (AvgIpc) is 3.24. The van der Waals surface area contributed by atoms with E-state index in [2.05, 4.69) is 20.3 Å². The number of nitrogens with zero attached hydrogens (tertiary/aromatic N) is 6. The molecule has 4 aromatic rings. The lowest BCUT2D eigenvalue weighted by atomic mass is 10.1. The van der Waals surface area contributed by atoms with Gasteiger partial charge in [-0.05, 0) is 6.92 Å². The van der Waals surface area contributed by atoms with Gasteiger partial charge in [0.05, 0.1) is 5.69 Å². The van der Waals surface area contributed by atoms with Crippen LogP contribution in [0.15, 0.2) is 46.5 Å². The fourth-order valence-corrected chi connectivity index (χ4v) is 3.35. The molecule has 0 amide bonds. The van der Waals surface area contributed by atoms with E-state index >= 15 is 0 Å². The van der Waals surface area contributed by atoms with Gasteiger partial charge in [-0.3, -0.25) is 9.89 Å². The largest absolute Gasteiger partial charge is 0.335 e. The fraction of sp³-hybridized carbons (Fsp3) is 0.118. The molecule has 0 saturated carbocycles. The molecule has 3 aromatic heterocycles. The molecule has 3 N–H and O–H groups in total. The highest BCUT2D eigenvalue weighted by Crippen LogP contribution is 2.24. The molecule has 0 aliphatic rings. The zero-order chi connectivity index (χ0) is 19.0. The molecule has 1 aromatic carbocycles. The Balaban J connectivity index is 1.59. The van der Waals surface area contributed by atoms with E-state index in [1.54, 1.807) is 0 Å². The predicted octanol–water partition coefficient (Wildman–Crippen LogP) is 1.47. The van der Waals surface area contributed by atoms with E-state index in [4.69, 9.17) is 11.1 Å². The Labute approximate surface area is 157 Å². The predicted molar refractivity (Wildman–Crippen MR) is 100 cm³/mol. The molecule has 27 heavy (non-hydrogen) atoms. The quantitative estimate of drug-likeness (QED) is 0.406. The van der Waals surface area contributed by atoms with Gasteiger partial charge in [-0.25, -0.2) is 14.2 Å². The molecule has 9 nitrogen and oxygen atoms in total. The molecule has 0 unspecified atom stereocenters. The number of nitrogens with one attached hydrogen (secondary N) is 1. The lowest BCUT2D eigenvalue weighted by Crippen LogP contribution is -2.15. The Hall–Kier alpha value is -3.58. The number of fused-ring (bicyclic) bond motifs is 1. The van der Waals surface area contributed by atoms with Gasteiger partial charge < -0.3 is 5.84 Å². The normalized spacial score (nSPS) is 11.0. The summed E-state index contributed by atoms with van der Waals surface area (Å²) in [5, 5.41) is 20.6. The van der Waals surface area contributed by atoms with E-state index in [-0.39, 0.29) is 5.56 Å². The van der Waals surface area contributed by atoms with E-state index < -0.39 is 0 Å². The van der Waals surface area contributed by atoms with Crippen LogP contribution >= 0.6 is 11.8 Å². The Kier molecular flexibility index (Phi) is 4.13. The van der Waals surface area contributed by atoms with Crippen molar-refractivity contribution in [3.63, 3.8) is 0 Å². The standard InChI is InChI=1S/C17H14N8OS/c1-10-2-4-11(5-3-10)16-22-23-17(24(16)19)27-9-13-6-14(26)25-15(21-13)12(7-18)8-20-25/h2-6,8,20H,9,19H2,1H3. The average molecular weight is 378 g/mol. The minimum atomic E-state index is -0.286. The Morgan fingerprint density at radius 2 is 2.07 bits per heavy atom. The summed E-state index contributed by atoms with van der Waals surface area (Å²) < 4.78 is 2.64. The topological polar surface area (TPSA) is 131 Å². The molecule has 0 fully saturated rings. The molecular weight excluding hydrogens is 364 g/mol.